The smallest absolute Gasteiger partial charge is 0.338 e. The number of nitrogens with one attached hydrogen (secondary N) is 1. The predicted molar refractivity (Wildman–Crippen MR) is 109 cm³/mol. The Morgan fingerprint density at radius 1 is 0.967 bits per heavy atom. The van der Waals surface area contributed by atoms with Crippen LogP contribution in [0.3, 0.4) is 0 Å². The third-order valence-electron chi connectivity index (χ3n) is 3.77. The van der Waals surface area contributed by atoms with Crippen LogP contribution < -0.4 is 5.48 Å². The van der Waals surface area contributed by atoms with Crippen molar-refractivity contribution in [3.8, 4) is 0 Å². The highest BCUT2D eigenvalue weighted by Crippen LogP contribution is 2.19. The van der Waals surface area contributed by atoms with E-state index in [0.717, 1.165) is 6.07 Å². The Kier molecular flexibility index (Phi) is 6.46. The number of halogens is 1. The Labute approximate surface area is 175 Å². The number of nitrogens with zero attached hydrogens (tertiary/aromatic N) is 3. The van der Waals surface area contributed by atoms with E-state index in [1.54, 1.807) is 36.4 Å². The van der Waals surface area contributed by atoms with E-state index in [4.69, 9.17) is 16.4 Å². The topological polar surface area (TPSA) is 123 Å². The zero-order valence-electron chi connectivity index (χ0n) is 15.2. The molecule has 0 aliphatic rings. The molecule has 3 aromatic rings. The number of azo groups is 1. The van der Waals surface area contributed by atoms with Gasteiger partial charge in [-0.05, 0) is 54.6 Å². The van der Waals surface area contributed by atoms with Crippen molar-refractivity contribution in [1.29, 1.82) is 0 Å². The highest BCUT2D eigenvalue weighted by Gasteiger charge is 2.11. The Morgan fingerprint density at radius 3 is 2.33 bits per heavy atom. The molecular formula is C20H13ClN4O5. The molecule has 0 spiro atoms. The molecule has 1 N–H and O–H groups in total. The van der Waals surface area contributed by atoms with E-state index in [1.807, 2.05) is 0 Å². The SMILES string of the molecule is O=C(N=Nc1ccc(NOC(=O)c2ccc(Cl)cc2)cc1)c1cccc([N+](=O)[O-])c1. The fourth-order valence-electron chi connectivity index (χ4n) is 2.26. The molecule has 1 amide bonds. The van der Waals surface area contributed by atoms with Gasteiger partial charge < -0.3 is 4.84 Å². The van der Waals surface area contributed by atoms with Crippen molar-refractivity contribution in [2.24, 2.45) is 10.2 Å². The van der Waals surface area contributed by atoms with Crippen LogP contribution in [0.1, 0.15) is 20.7 Å². The van der Waals surface area contributed by atoms with Crippen LogP contribution in [0.5, 0.6) is 0 Å². The fourth-order valence-corrected chi connectivity index (χ4v) is 2.39. The summed E-state index contributed by atoms with van der Waals surface area (Å²) in [6, 6.07) is 17.7. The summed E-state index contributed by atoms with van der Waals surface area (Å²) in [4.78, 5) is 39.1. The van der Waals surface area contributed by atoms with Gasteiger partial charge in [0.2, 0.25) is 0 Å². The van der Waals surface area contributed by atoms with Crippen molar-refractivity contribution in [3.05, 3.63) is 99.1 Å². The Morgan fingerprint density at radius 2 is 1.67 bits per heavy atom. The van der Waals surface area contributed by atoms with Crippen LogP contribution in [0.25, 0.3) is 0 Å². The lowest BCUT2D eigenvalue weighted by Crippen LogP contribution is -2.10. The lowest BCUT2D eigenvalue weighted by atomic mass is 10.2. The Hall–Kier alpha value is -4.11. The monoisotopic (exact) mass is 424 g/mol. The molecule has 0 heterocycles. The molecule has 10 heteroatoms. The third-order valence-corrected chi connectivity index (χ3v) is 4.02. The van der Waals surface area contributed by atoms with Gasteiger partial charge in [-0.1, -0.05) is 17.7 Å². The molecule has 0 saturated carbocycles. The molecular weight excluding hydrogens is 412 g/mol. The summed E-state index contributed by atoms with van der Waals surface area (Å²) in [5.41, 5.74) is 3.52. The first-order chi connectivity index (χ1) is 14.4. The van der Waals surface area contributed by atoms with Gasteiger partial charge in [-0.3, -0.25) is 14.9 Å². The lowest BCUT2D eigenvalue weighted by Gasteiger charge is -2.06. The van der Waals surface area contributed by atoms with Crippen LogP contribution in [0.4, 0.5) is 17.1 Å². The molecule has 0 saturated heterocycles. The van der Waals surface area contributed by atoms with E-state index in [0.29, 0.717) is 22.0 Å². The first kappa shape index (κ1) is 20.6. The van der Waals surface area contributed by atoms with E-state index in [9.17, 15) is 19.7 Å². The molecule has 0 fully saturated rings. The van der Waals surface area contributed by atoms with E-state index in [2.05, 4.69) is 15.7 Å². The molecule has 0 aromatic heterocycles. The maximum Gasteiger partial charge on any atom is 0.362 e. The minimum atomic E-state index is -0.710. The number of hydrogen-bond donors (Lipinski definition) is 1. The van der Waals surface area contributed by atoms with E-state index < -0.39 is 16.8 Å². The highest BCUT2D eigenvalue weighted by atomic mass is 35.5. The summed E-state index contributed by atoms with van der Waals surface area (Å²) >= 11 is 5.77. The zero-order valence-corrected chi connectivity index (χ0v) is 15.9. The van der Waals surface area contributed by atoms with Gasteiger partial charge in [0.1, 0.15) is 0 Å². The van der Waals surface area contributed by atoms with E-state index in [-0.39, 0.29) is 11.3 Å². The first-order valence-corrected chi connectivity index (χ1v) is 8.83. The molecule has 30 heavy (non-hydrogen) atoms. The maximum absolute atomic E-state index is 12.0. The Bertz CT molecular complexity index is 1110. The van der Waals surface area contributed by atoms with E-state index in [1.165, 1.54) is 30.3 Å². The minimum Gasteiger partial charge on any atom is -0.338 e. The largest absolute Gasteiger partial charge is 0.362 e. The molecule has 0 radical (unpaired) electrons. The number of non-ortho nitro benzene ring substituents is 1. The van der Waals surface area contributed by atoms with Crippen molar-refractivity contribution in [1.82, 2.24) is 0 Å². The second-order valence-corrected chi connectivity index (χ2v) is 6.29. The number of hydrogen-bond acceptors (Lipinski definition) is 7. The molecule has 0 unspecified atom stereocenters. The van der Waals surface area contributed by atoms with Gasteiger partial charge in [-0.15, -0.1) is 10.2 Å². The molecule has 0 atom stereocenters. The van der Waals surface area contributed by atoms with Gasteiger partial charge in [0.25, 0.3) is 11.6 Å². The second-order valence-electron chi connectivity index (χ2n) is 5.86. The first-order valence-electron chi connectivity index (χ1n) is 8.46. The van der Waals surface area contributed by atoms with Crippen LogP contribution in [0.15, 0.2) is 83.0 Å². The lowest BCUT2D eigenvalue weighted by molar-refractivity contribution is -0.384. The number of rotatable bonds is 6. The summed E-state index contributed by atoms with van der Waals surface area (Å²) in [7, 11) is 0. The standard InChI is InChI=1S/C20H13ClN4O5/c21-15-6-4-13(5-7-15)20(27)30-24-17-10-8-16(9-11-17)22-23-19(26)14-2-1-3-18(12-14)25(28)29/h1-12,24H. The quantitative estimate of drug-likeness (QED) is 0.323. The van der Waals surface area contributed by atoms with Crippen molar-refractivity contribution in [3.63, 3.8) is 0 Å². The zero-order chi connectivity index (χ0) is 21.5. The number of nitro groups is 1. The normalized spacial score (nSPS) is 10.6. The van der Waals surface area contributed by atoms with Crippen molar-refractivity contribution < 1.29 is 19.3 Å². The van der Waals surface area contributed by atoms with E-state index >= 15 is 0 Å². The van der Waals surface area contributed by atoms with Gasteiger partial charge in [-0.2, -0.15) is 0 Å². The summed E-state index contributed by atoms with van der Waals surface area (Å²) in [6.07, 6.45) is 0. The van der Waals surface area contributed by atoms with Gasteiger partial charge in [-0.25, -0.2) is 10.3 Å². The second kappa shape index (κ2) is 9.39. The van der Waals surface area contributed by atoms with Crippen LogP contribution in [-0.4, -0.2) is 16.8 Å². The third kappa shape index (κ3) is 5.46. The van der Waals surface area contributed by atoms with Crippen LogP contribution in [0, 0.1) is 10.1 Å². The van der Waals surface area contributed by atoms with Crippen LogP contribution >= 0.6 is 11.6 Å². The van der Waals surface area contributed by atoms with Crippen molar-refractivity contribution in [2.75, 3.05) is 5.48 Å². The van der Waals surface area contributed by atoms with Crippen molar-refractivity contribution in [2.45, 2.75) is 0 Å². The van der Waals surface area contributed by atoms with Crippen LogP contribution in [-0.2, 0) is 4.84 Å². The summed E-state index contributed by atoms with van der Waals surface area (Å²) < 4.78 is 0. The average molecular weight is 425 g/mol. The predicted octanol–water partition coefficient (Wildman–Crippen LogP) is 5.36. The maximum atomic E-state index is 12.0. The average Bonchev–Trinajstić information content (AvgIpc) is 2.77. The van der Waals surface area contributed by atoms with Crippen molar-refractivity contribution >= 4 is 40.5 Å². The highest BCUT2D eigenvalue weighted by molar-refractivity contribution is 6.30. The van der Waals surface area contributed by atoms with Gasteiger partial charge in [0.05, 0.1) is 27.4 Å². The molecule has 3 aromatic carbocycles. The number of nitro benzene ring substituents is 1. The molecule has 0 aliphatic heterocycles. The number of carbonyl (C=O) groups excluding carboxylic acids is 2. The molecule has 150 valence electrons. The number of amides is 1. The van der Waals surface area contributed by atoms with Gasteiger partial charge >= 0.3 is 5.97 Å². The molecule has 9 nitrogen and oxygen atoms in total. The van der Waals surface area contributed by atoms with Gasteiger partial charge in [0.15, 0.2) is 0 Å². The molecule has 0 aliphatic carbocycles. The number of benzene rings is 3. The number of carbonyl (C=O) groups is 2. The molecule has 3 rings (SSSR count). The fraction of sp³-hybridized carbons (Fsp3) is 0. The summed E-state index contributed by atoms with van der Waals surface area (Å²) in [5, 5.41) is 18.7. The Balaban J connectivity index is 1.58. The number of anilines is 1. The molecule has 0 bridgehead atoms. The minimum absolute atomic E-state index is 0.0559. The summed E-state index contributed by atoms with van der Waals surface area (Å²) in [6.45, 7) is 0. The van der Waals surface area contributed by atoms with Gasteiger partial charge in [0, 0.05) is 17.2 Å². The summed E-state index contributed by atoms with van der Waals surface area (Å²) in [5.74, 6) is -1.30. The van der Waals surface area contributed by atoms with Crippen LogP contribution in [0.2, 0.25) is 5.02 Å².